The largest absolute Gasteiger partial charge is 0.455 e. The summed E-state index contributed by atoms with van der Waals surface area (Å²) >= 11 is 1.40. The minimum atomic E-state index is -0.402. The Morgan fingerprint density at radius 1 is 1.30 bits per heavy atom. The van der Waals surface area contributed by atoms with Crippen molar-refractivity contribution in [3.05, 3.63) is 30.3 Å². The van der Waals surface area contributed by atoms with Crippen molar-refractivity contribution >= 4 is 23.6 Å². The van der Waals surface area contributed by atoms with Gasteiger partial charge in [0.25, 0.3) is 5.91 Å². The molecule has 0 saturated carbocycles. The molecular formula is C14H19NO4S. The maximum absolute atomic E-state index is 11.7. The zero-order valence-electron chi connectivity index (χ0n) is 11.6. The second-order valence-corrected chi connectivity index (χ2v) is 5.44. The molecule has 0 aliphatic carbocycles. The number of methoxy groups -OCH3 is 1. The standard InChI is InChI=1S/C14H19NO4S/c1-11(20-12-6-4-3-5-7-12)14(17)19-10-13(16)15-8-9-18-2/h3-7,11H,8-10H2,1-2H3,(H,15,16)/t11-/m0/s1. The van der Waals surface area contributed by atoms with Crippen molar-refractivity contribution in [2.45, 2.75) is 17.1 Å². The summed E-state index contributed by atoms with van der Waals surface area (Å²) in [5, 5.41) is 2.22. The van der Waals surface area contributed by atoms with Crippen LogP contribution in [0.4, 0.5) is 0 Å². The summed E-state index contributed by atoms with van der Waals surface area (Å²) in [6.07, 6.45) is 0. The molecule has 0 unspecified atom stereocenters. The third-order valence-corrected chi connectivity index (χ3v) is 3.45. The molecule has 1 rings (SSSR count). The van der Waals surface area contributed by atoms with Gasteiger partial charge in [-0.25, -0.2) is 0 Å². The van der Waals surface area contributed by atoms with Crippen LogP contribution in [0.25, 0.3) is 0 Å². The number of amides is 1. The Hall–Kier alpha value is -1.53. The normalized spacial score (nSPS) is 11.7. The highest BCUT2D eigenvalue weighted by molar-refractivity contribution is 8.00. The lowest BCUT2D eigenvalue weighted by Crippen LogP contribution is -2.32. The number of carbonyl (C=O) groups excluding carboxylic acids is 2. The van der Waals surface area contributed by atoms with Crippen LogP contribution in [0.15, 0.2) is 35.2 Å². The van der Waals surface area contributed by atoms with Gasteiger partial charge in [0.05, 0.1) is 6.61 Å². The molecule has 0 radical (unpaired) electrons. The van der Waals surface area contributed by atoms with Crippen molar-refractivity contribution in [3.8, 4) is 0 Å². The number of thioether (sulfide) groups is 1. The summed E-state index contributed by atoms with van der Waals surface area (Å²) in [5.41, 5.74) is 0. The molecule has 1 aromatic carbocycles. The molecule has 1 aromatic rings. The Balaban J connectivity index is 2.26. The van der Waals surface area contributed by atoms with Crippen LogP contribution in [0.1, 0.15) is 6.92 Å². The smallest absolute Gasteiger partial charge is 0.319 e. The Morgan fingerprint density at radius 3 is 2.65 bits per heavy atom. The minimum absolute atomic E-state index is 0.262. The number of nitrogens with one attached hydrogen (secondary N) is 1. The molecule has 1 amide bonds. The van der Waals surface area contributed by atoms with Crippen LogP contribution >= 0.6 is 11.8 Å². The molecule has 5 nitrogen and oxygen atoms in total. The highest BCUT2D eigenvalue weighted by atomic mass is 32.2. The van der Waals surface area contributed by atoms with Crippen molar-refractivity contribution in [3.63, 3.8) is 0 Å². The molecule has 110 valence electrons. The molecule has 0 aliphatic rings. The van der Waals surface area contributed by atoms with Crippen molar-refractivity contribution in [1.29, 1.82) is 0 Å². The van der Waals surface area contributed by atoms with Crippen LogP contribution in [-0.2, 0) is 19.1 Å². The number of ether oxygens (including phenoxy) is 2. The van der Waals surface area contributed by atoms with Crippen LogP contribution in [0.3, 0.4) is 0 Å². The van der Waals surface area contributed by atoms with E-state index < -0.39 is 5.97 Å². The lowest BCUT2D eigenvalue weighted by molar-refractivity contribution is -0.147. The van der Waals surface area contributed by atoms with E-state index in [2.05, 4.69) is 5.32 Å². The average molecular weight is 297 g/mol. The molecule has 1 N–H and O–H groups in total. The van der Waals surface area contributed by atoms with Gasteiger partial charge in [-0.15, -0.1) is 11.8 Å². The van der Waals surface area contributed by atoms with Crippen LogP contribution in [0, 0.1) is 0 Å². The molecule has 0 bridgehead atoms. The zero-order valence-corrected chi connectivity index (χ0v) is 12.4. The van der Waals surface area contributed by atoms with E-state index in [1.165, 1.54) is 11.8 Å². The first-order valence-corrected chi connectivity index (χ1v) is 7.15. The van der Waals surface area contributed by atoms with Crippen molar-refractivity contribution in [2.24, 2.45) is 0 Å². The SMILES string of the molecule is COCCNC(=O)COC(=O)[C@H](C)Sc1ccccc1. The van der Waals surface area contributed by atoms with E-state index in [1.807, 2.05) is 30.3 Å². The number of benzene rings is 1. The molecular weight excluding hydrogens is 278 g/mol. The first-order valence-electron chi connectivity index (χ1n) is 6.27. The van der Waals surface area contributed by atoms with Crippen LogP contribution < -0.4 is 5.32 Å². The fourth-order valence-corrected chi connectivity index (χ4v) is 2.24. The van der Waals surface area contributed by atoms with E-state index in [0.29, 0.717) is 13.2 Å². The Kier molecular flexibility index (Phi) is 7.75. The van der Waals surface area contributed by atoms with Crippen LogP contribution in [0.2, 0.25) is 0 Å². The molecule has 0 saturated heterocycles. The van der Waals surface area contributed by atoms with Crippen molar-refractivity contribution in [1.82, 2.24) is 5.32 Å². The summed E-state index contributed by atoms with van der Waals surface area (Å²) < 4.78 is 9.75. The Labute approximate surface area is 123 Å². The van der Waals surface area contributed by atoms with Gasteiger partial charge in [0.2, 0.25) is 0 Å². The summed E-state index contributed by atoms with van der Waals surface area (Å²) in [5.74, 6) is -0.729. The number of hydrogen-bond acceptors (Lipinski definition) is 5. The second kappa shape index (κ2) is 9.39. The monoisotopic (exact) mass is 297 g/mol. The molecule has 0 aliphatic heterocycles. The highest BCUT2D eigenvalue weighted by Crippen LogP contribution is 2.23. The Bertz CT molecular complexity index is 424. The van der Waals surface area contributed by atoms with Crippen molar-refractivity contribution < 1.29 is 19.1 Å². The van der Waals surface area contributed by atoms with E-state index in [1.54, 1.807) is 14.0 Å². The molecule has 0 spiro atoms. The minimum Gasteiger partial charge on any atom is -0.455 e. The lowest BCUT2D eigenvalue weighted by Gasteiger charge is -2.11. The number of hydrogen-bond donors (Lipinski definition) is 1. The average Bonchev–Trinajstić information content (AvgIpc) is 2.46. The summed E-state index contributed by atoms with van der Waals surface area (Å²) in [7, 11) is 1.55. The first-order chi connectivity index (χ1) is 9.63. The van der Waals surface area contributed by atoms with E-state index in [9.17, 15) is 9.59 Å². The van der Waals surface area contributed by atoms with Gasteiger partial charge >= 0.3 is 5.97 Å². The molecule has 0 fully saturated rings. The fraction of sp³-hybridized carbons (Fsp3) is 0.429. The van der Waals surface area contributed by atoms with Gasteiger partial charge in [-0.1, -0.05) is 18.2 Å². The third kappa shape index (κ3) is 6.58. The molecule has 1 atom stereocenters. The quantitative estimate of drug-likeness (QED) is 0.447. The topological polar surface area (TPSA) is 64.6 Å². The molecule has 0 heterocycles. The number of esters is 1. The van der Waals surface area contributed by atoms with Crippen molar-refractivity contribution in [2.75, 3.05) is 26.9 Å². The van der Waals surface area contributed by atoms with Gasteiger partial charge in [0.1, 0.15) is 5.25 Å². The highest BCUT2D eigenvalue weighted by Gasteiger charge is 2.17. The maximum atomic E-state index is 11.7. The molecule has 6 heteroatoms. The van der Waals surface area contributed by atoms with Crippen LogP contribution in [-0.4, -0.2) is 44.0 Å². The summed E-state index contributed by atoms with van der Waals surface area (Å²) in [6.45, 7) is 2.33. The predicted molar refractivity (Wildman–Crippen MR) is 77.6 cm³/mol. The van der Waals surface area contributed by atoms with Crippen LogP contribution in [0.5, 0.6) is 0 Å². The van der Waals surface area contributed by atoms with Gasteiger partial charge < -0.3 is 14.8 Å². The lowest BCUT2D eigenvalue weighted by atomic mass is 10.4. The number of rotatable bonds is 8. The van der Waals surface area contributed by atoms with E-state index in [4.69, 9.17) is 9.47 Å². The van der Waals surface area contributed by atoms with Gasteiger partial charge in [-0.3, -0.25) is 9.59 Å². The fourth-order valence-electron chi connectivity index (χ4n) is 1.35. The van der Waals surface area contributed by atoms with E-state index >= 15 is 0 Å². The van der Waals surface area contributed by atoms with Gasteiger partial charge in [-0.05, 0) is 19.1 Å². The number of carbonyl (C=O) groups is 2. The molecule has 0 aromatic heterocycles. The Morgan fingerprint density at radius 2 is 2.00 bits per heavy atom. The molecule has 20 heavy (non-hydrogen) atoms. The van der Waals surface area contributed by atoms with E-state index in [-0.39, 0.29) is 17.8 Å². The van der Waals surface area contributed by atoms with Gasteiger partial charge in [-0.2, -0.15) is 0 Å². The predicted octanol–water partition coefficient (Wildman–Crippen LogP) is 1.47. The zero-order chi connectivity index (χ0) is 14.8. The van der Waals surface area contributed by atoms with E-state index in [0.717, 1.165) is 4.90 Å². The summed E-state index contributed by atoms with van der Waals surface area (Å²) in [6, 6.07) is 9.57. The first kappa shape index (κ1) is 16.5. The van der Waals surface area contributed by atoms with Gasteiger partial charge in [0, 0.05) is 18.6 Å². The summed E-state index contributed by atoms with van der Waals surface area (Å²) in [4.78, 5) is 24.1. The maximum Gasteiger partial charge on any atom is 0.319 e. The van der Waals surface area contributed by atoms with Gasteiger partial charge in [0.15, 0.2) is 6.61 Å². The third-order valence-electron chi connectivity index (χ3n) is 2.36. The second-order valence-electron chi connectivity index (χ2n) is 4.02.